The summed E-state index contributed by atoms with van der Waals surface area (Å²) in [5.74, 6) is 2.05. The first-order valence-corrected chi connectivity index (χ1v) is 6.83. The molecule has 1 N–H and O–H groups in total. The molecule has 4 unspecified atom stereocenters. The van der Waals surface area contributed by atoms with E-state index in [2.05, 4.69) is 19.2 Å². The van der Waals surface area contributed by atoms with Crippen LogP contribution in [0.1, 0.15) is 52.4 Å². The molecule has 4 atom stereocenters. The average molecular weight is 207 g/mol. The average Bonchev–Trinajstić information content (AvgIpc) is 2.64. The Labute approximate surface area is 94.0 Å². The van der Waals surface area contributed by atoms with Crippen LogP contribution in [0.25, 0.3) is 0 Å². The molecule has 4 rings (SSSR count). The maximum Gasteiger partial charge on any atom is 0.000805 e. The fourth-order valence-corrected chi connectivity index (χ4v) is 4.65. The van der Waals surface area contributed by atoms with Gasteiger partial charge in [0.25, 0.3) is 0 Å². The monoisotopic (exact) mass is 207 g/mol. The van der Waals surface area contributed by atoms with Crippen molar-refractivity contribution in [2.75, 3.05) is 13.1 Å². The molecule has 86 valence electrons. The highest BCUT2D eigenvalue weighted by molar-refractivity contribution is 5.01. The summed E-state index contributed by atoms with van der Waals surface area (Å²) < 4.78 is 0. The molecule has 4 aliphatic rings. The van der Waals surface area contributed by atoms with Crippen LogP contribution in [0.4, 0.5) is 0 Å². The molecule has 2 saturated carbocycles. The molecule has 2 aliphatic carbocycles. The van der Waals surface area contributed by atoms with Gasteiger partial charge in [0.2, 0.25) is 0 Å². The third kappa shape index (κ3) is 1.46. The van der Waals surface area contributed by atoms with Crippen molar-refractivity contribution < 1.29 is 0 Å². The molecule has 0 spiro atoms. The minimum absolute atomic E-state index is 0.622. The summed E-state index contributed by atoms with van der Waals surface area (Å²) in [6.07, 6.45) is 8.97. The van der Waals surface area contributed by atoms with Gasteiger partial charge in [-0.15, -0.1) is 0 Å². The predicted molar refractivity (Wildman–Crippen MR) is 63.8 cm³/mol. The Kier molecular flexibility index (Phi) is 2.18. The van der Waals surface area contributed by atoms with Crippen LogP contribution in [0.15, 0.2) is 0 Å². The second-order valence-electron chi connectivity index (χ2n) is 6.97. The van der Waals surface area contributed by atoms with Crippen molar-refractivity contribution in [3.8, 4) is 0 Å². The van der Waals surface area contributed by atoms with Gasteiger partial charge in [0.15, 0.2) is 0 Å². The molecule has 4 bridgehead atoms. The Balaban J connectivity index is 1.97. The summed E-state index contributed by atoms with van der Waals surface area (Å²) >= 11 is 0. The van der Waals surface area contributed by atoms with Gasteiger partial charge in [-0.25, -0.2) is 0 Å². The second-order valence-corrected chi connectivity index (χ2v) is 6.97. The van der Waals surface area contributed by atoms with Gasteiger partial charge >= 0.3 is 0 Å². The lowest BCUT2D eigenvalue weighted by atomic mass is 9.63. The molecule has 0 aromatic rings. The van der Waals surface area contributed by atoms with E-state index in [1.54, 1.807) is 0 Å². The van der Waals surface area contributed by atoms with Crippen molar-refractivity contribution in [1.82, 2.24) is 5.32 Å². The minimum atomic E-state index is 0.622. The zero-order valence-electron chi connectivity index (χ0n) is 10.3. The normalized spacial score (nSPS) is 54.8. The van der Waals surface area contributed by atoms with Gasteiger partial charge in [0.1, 0.15) is 0 Å². The zero-order valence-corrected chi connectivity index (χ0v) is 10.3. The van der Waals surface area contributed by atoms with E-state index in [0.717, 1.165) is 11.8 Å². The Hall–Kier alpha value is -0.0400. The molecule has 15 heavy (non-hydrogen) atoms. The van der Waals surface area contributed by atoms with Gasteiger partial charge in [-0.1, -0.05) is 20.3 Å². The lowest BCUT2D eigenvalue weighted by Gasteiger charge is -2.47. The van der Waals surface area contributed by atoms with Gasteiger partial charge in [-0.2, -0.15) is 0 Å². The van der Waals surface area contributed by atoms with E-state index >= 15 is 0 Å². The molecule has 2 heterocycles. The van der Waals surface area contributed by atoms with Crippen LogP contribution in [0.5, 0.6) is 0 Å². The number of nitrogens with one attached hydrogen (secondary N) is 1. The van der Waals surface area contributed by atoms with Crippen molar-refractivity contribution in [3.05, 3.63) is 0 Å². The van der Waals surface area contributed by atoms with Crippen LogP contribution in [0.2, 0.25) is 0 Å². The van der Waals surface area contributed by atoms with E-state index in [9.17, 15) is 0 Å². The molecule has 1 heteroatoms. The van der Waals surface area contributed by atoms with Gasteiger partial charge in [-0.3, -0.25) is 0 Å². The maximum atomic E-state index is 3.77. The molecule has 0 radical (unpaired) electrons. The largest absolute Gasteiger partial charge is 0.316 e. The van der Waals surface area contributed by atoms with E-state index < -0.39 is 0 Å². The number of rotatable bonds is 0. The van der Waals surface area contributed by atoms with E-state index in [1.807, 2.05) is 0 Å². The standard InChI is InChI=1S/C14H25N/c1-13-6-3-7-14(2,10-15-9-13)12-5-4-11(13)8-12/h11-12,15H,3-10H2,1-2H3. The summed E-state index contributed by atoms with van der Waals surface area (Å²) in [6.45, 7) is 7.64. The number of hydrogen-bond donors (Lipinski definition) is 1. The SMILES string of the molecule is CC12CCCC(C)(CNC1)C1CCC2C1. The molecule has 2 aliphatic heterocycles. The van der Waals surface area contributed by atoms with Crippen molar-refractivity contribution in [2.45, 2.75) is 52.4 Å². The van der Waals surface area contributed by atoms with Gasteiger partial charge in [0.05, 0.1) is 0 Å². The van der Waals surface area contributed by atoms with Crippen LogP contribution in [0, 0.1) is 22.7 Å². The molecular formula is C14H25N. The summed E-state index contributed by atoms with van der Waals surface area (Å²) in [5.41, 5.74) is 1.24. The Morgan fingerprint density at radius 3 is 2.00 bits per heavy atom. The molecule has 0 aromatic heterocycles. The van der Waals surface area contributed by atoms with Gasteiger partial charge in [-0.05, 0) is 54.8 Å². The summed E-state index contributed by atoms with van der Waals surface area (Å²) in [6, 6.07) is 0. The first-order chi connectivity index (χ1) is 7.12. The zero-order chi connectivity index (χ0) is 10.5. The Morgan fingerprint density at radius 1 is 0.933 bits per heavy atom. The van der Waals surface area contributed by atoms with Crippen LogP contribution in [-0.4, -0.2) is 13.1 Å². The highest BCUT2D eigenvalue weighted by atomic mass is 14.9. The van der Waals surface area contributed by atoms with E-state index in [0.29, 0.717) is 10.8 Å². The number of hydrogen-bond acceptors (Lipinski definition) is 1. The minimum Gasteiger partial charge on any atom is -0.316 e. The Morgan fingerprint density at radius 2 is 1.47 bits per heavy atom. The van der Waals surface area contributed by atoms with E-state index in [4.69, 9.17) is 0 Å². The number of fused-ring (bicyclic) bond motifs is 4. The van der Waals surface area contributed by atoms with Gasteiger partial charge < -0.3 is 5.32 Å². The molecule has 4 fully saturated rings. The highest BCUT2D eigenvalue weighted by Gasteiger charge is 2.48. The lowest BCUT2D eigenvalue weighted by molar-refractivity contribution is 0.0563. The Bertz CT molecular complexity index is 224. The smallest absolute Gasteiger partial charge is 0.000805 e. The molecular weight excluding hydrogens is 182 g/mol. The second kappa shape index (κ2) is 3.23. The third-order valence-corrected chi connectivity index (χ3v) is 5.96. The predicted octanol–water partition coefficient (Wildman–Crippen LogP) is 3.20. The molecule has 1 nitrogen and oxygen atoms in total. The van der Waals surface area contributed by atoms with Crippen molar-refractivity contribution in [3.63, 3.8) is 0 Å². The third-order valence-electron chi connectivity index (χ3n) is 5.96. The van der Waals surface area contributed by atoms with Crippen molar-refractivity contribution in [2.24, 2.45) is 22.7 Å². The van der Waals surface area contributed by atoms with Crippen molar-refractivity contribution >= 4 is 0 Å². The lowest BCUT2D eigenvalue weighted by Crippen LogP contribution is -2.48. The topological polar surface area (TPSA) is 12.0 Å². The fraction of sp³-hybridized carbons (Fsp3) is 1.00. The van der Waals surface area contributed by atoms with Crippen LogP contribution in [0.3, 0.4) is 0 Å². The van der Waals surface area contributed by atoms with Crippen LogP contribution >= 0.6 is 0 Å². The van der Waals surface area contributed by atoms with Gasteiger partial charge in [0, 0.05) is 13.1 Å². The molecule has 0 amide bonds. The molecule has 2 saturated heterocycles. The first kappa shape index (κ1) is 10.1. The summed E-state index contributed by atoms with van der Waals surface area (Å²) in [4.78, 5) is 0. The quantitative estimate of drug-likeness (QED) is 0.643. The van der Waals surface area contributed by atoms with Crippen LogP contribution in [-0.2, 0) is 0 Å². The first-order valence-electron chi connectivity index (χ1n) is 6.83. The van der Waals surface area contributed by atoms with Crippen LogP contribution < -0.4 is 5.32 Å². The summed E-state index contributed by atoms with van der Waals surface area (Å²) in [5, 5.41) is 3.77. The summed E-state index contributed by atoms with van der Waals surface area (Å²) in [7, 11) is 0. The fourth-order valence-electron chi connectivity index (χ4n) is 4.65. The highest BCUT2D eigenvalue weighted by Crippen LogP contribution is 2.55. The van der Waals surface area contributed by atoms with E-state index in [-0.39, 0.29) is 0 Å². The van der Waals surface area contributed by atoms with E-state index in [1.165, 1.54) is 51.6 Å². The maximum absolute atomic E-state index is 3.77. The van der Waals surface area contributed by atoms with Crippen molar-refractivity contribution in [1.29, 1.82) is 0 Å². The molecule has 0 aromatic carbocycles.